The molecule has 0 aliphatic rings. The van der Waals surface area contributed by atoms with Gasteiger partial charge in [0.2, 0.25) is 0 Å². The van der Waals surface area contributed by atoms with E-state index in [1.165, 1.54) is 0 Å². The summed E-state index contributed by atoms with van der Waals surface area (Å²) in [6.45, 7) is 6.41. The average Bonchev–Trinajstić information content (AvgIpc) is 2.44. The molecular formula is C16H18F2N2O. The minimum absolute atomic E-state index is 0.00270. The Kier molecular flexibility index (Phi) is 4.73. The average molecular weight is 292 g/mol. The summed E-state index contributed by atoms with van der Waals surface area (Å²) in [7, 11) is 0. The fraction of sp³-hybridized carbons (Fsp3) is 0.312. The van der Waals surface area contributed by atoms with Crippen LogP contribution in [-0.4, -0.2) is 11.5 Å². The van der Waals surface area contributed by atoms with E-state index in [2.05, 4.69) is 10.3 Å². The Labute approximate surface area is 123 Å². The summed E-state index contributed by atoms with van der Waals surface area (Å²) < 4.78 is 32.8. The number of rotatable bonds is 5. The molecule has 21 heavy (non-hydrogen) atoms. The molecule has 0 unspecified atom stereocenters. The van der Waals surface area contributed by atoms with E-state index in [-0.39, 0.29) is 11.7 Å². The summed E-state index contributed by atoms with van der Waals surface area (Å²) in [5, 5.41) is 2.80. The number of anilines is 1. The van der Waals surface area contributed by atoms with Crippen LogP contribution in [0.5, 0.6) is 11.6 Å². The first-order valence-electron chi connectivity index (χ1n) is 6.86. The van der Waals surface area contributed by atoms with Crippen molar-refractivity contribution < 1.29 is 13.5 Å². The van der Waals surface area contributed by atoms with Crippen LogP contribution in [0.4, 0.5) is 14.6 Å². The molecule has 1 aromatic heterocycles. The maximum absolute atomic E-state index is 13.8. The van der Waals surface area contributed by atoms with E-state index in [4.69, 9.17) is 4.74 Å². The molecular weight excluding hydrogens is 274 g/mol. The van der Waals surface area contributed by atoms with Crippen molar-refractivity contribution in [1.29, 1.82) is 0 Å². The van der Waals surface area contributed by atoms with Crippen molar-refractivity contribution in [1.82, 2.24) is 4.98 Å². The Balaban J connectivity index is 2.28. The quantitative estimate of drug-likeness (QED) is 0.875. The number of aromatic nitrogens is 1. The SMILES string of the molecule is CCCNc1nc(Oc2ccc(C)c(C)c2)c(F)cc1F. The second-order valence-electron chi connectivity index (χ2n) is 4.88. The largest absolute Gasteiger partial charge is 0.436 e. The first-order chi connectivity index (χ1) is 10.0. The van der Waals surface area contributed by atoms with Gasteiger partial charge in [0.1, 0.15) is 5.75 Å². The van der Waals surface area contributed by atoms with E-state index in [0.717, 1.165) is 23.6 Å². The number of hydrogen-bond acceptors (Lipinski definition) is 3. The molecule has 112 valence electrons. The Morgan fingerprint density at radius 1 is 1.10 bits per heavy atom. The molecule has 1 N–H and O–H groups in total. The summed E-state index contributed by atoms with van der Waals surface area (Å²) in [6.07, 6.45) is 0.811. The van der Waals surface area contributed by atoms with Crippen LogP contribution in [0.15, 0.2) is 24.3 Å². The number of hydrogen-bond donors (Lipinski definition) is 1. The maximum Gasteiger partial charge on any atom is 0.258 e. The van der Waals surface area contributed by atoms with E-state index in [0.29, 0.717) is 12.3 Å². The maximum atomic E-state index is 13.8. The zero-order valence-corrected chi connectivity index (χ0v) is 12.3. The highest BCUT2D eigenvalue weighted by atomic mass is 19.1. The van der Waals surface area contributed by atoms with Gasteiger partial charge in [0, 0.05) is 12.6 Å². The van der Waals surface area contributed by atoms with Crippen molar-refractivity contribution in [3.05, 3.63) is 47.0 Å². The minimum atomic E-state index is -0.826. The third kappa shape index (κ3) is 3.68. The standard InChI is InChI=1S/C16H18F2N2O/c1-4-7-19-15-13(17)9-14(18)16(20-15)21-12-6-5-10(2)11(3)8-12/h5-6,8-9H,4,7H2,1-3H3,(H,19,20). The van der Waals surface area contributed by atoms with Gasteiger partial charge in [-0.25, -0.2) is 8.78 Å². The van der Waals surface area contributed by atoms with E-state index < -0.39 is 11.6 Å². The second-order valence-corrected chi connectivity index (χ2v) is 4.88. The van der Waals surface area contributed by atoms with Crippen molar-refractivity contribution in [2.24, 2.45) is 0 Å². The first-order valence-corrected chi connectivity index (χ1v) is 6.86. The number of aryl methyl sites for hydroxylation is 2. The van der Waals surface area contributed by atoms with Gasteiger partial charge in [-0.1, -0.05) is 13.0 Å². The first kappa shape index (κ1) is 15.2. The molecule has 1 aromatic carbocycles. The number of ether oxygens (including phenoxy) is 1. The summed E-state index contributed by atoms with van der Waals surface area (Å²) in [4.78, 5) is 3.87. The van der Waals surface area contributed by atoms with Crippen molar-refractivity contribution in [3.63, 3.8) is 0 Å². The number of nitrogens with zero attached hydrogens (tertiary/aromatic N) is 1. The van der Waals surface area contributed by atoms with Crippen LogP contribution in [-0.2, 0) is 0 Å². The molecule has 3 nitrogen and oxygen atoms in total. The normalized spacial score (nSPS) is 10.5. The Morgan fingerprint density at radius 2 is 1.86 bits per heavy atom. The second kappa shape index (κ2) is 6.52. The molecule has 2 rings (SSSR count). The zero-order chi connectivity index (χ0) is 15.4. The van der Waals surface area contributed by atoms with Crippen molar-refractivity contribution in [3.8, 4) is 11.6 Å². The van der Waals surface area contributed by atoms with Gasteiger partial charge in [-0.3, -0.25) is 0 Å². The highest BCUT2D eigenvalue weighted by Gasteiger charge is 2.13. The van der Waals surface area contributed by atoms with Gasteiger partial charge >= 0.3 is 0 Å². The molecule has 0 atom stereocenters. The molecule has 0 saturated heterocycles. The Hall–Kier alpha value is -2.17. The van der Waals surface area contributed by atoms with Crippen LogP contribution in [0.3, 0.4) is 0 Å². The molecule has 0 aliphatic carbocycles. The summed E-state index contributed by atoms with van der Waals surface area (Å²) in [5.41, 5.74) is 2.14. The number of halogens is 2. The smallest absolute Gasteiger partial charge is 0.258 e. The lowest BCUT2D eigenvalue weighted by Gasteiger charge is -2.11. The van der Waals surface area contributed by atoms with Crippen molar-refractivity contribution in [2.45, 2.75) is 27.2 Å². The van der Waals surface area contributed by atoms with Crippen LogP contribution >= 0.6 is 0 Å². The lowest BCUT2D eigenvalue weighted by molar-refractivity contribution is 0.417. The number of pyridine rings is 1. The van der Waals surface area contributed by atoms with E-state index in [1.54, 1.807) is 12.1 Å². The highest BCUT2D eigenvalue weighted by Crippen LogP contribution is 2.27. The molecule has 0 aliphatic heterocycles. The third-order valence-electron chi connectivity index (χ3n) is 3.13. The van der Waals surface area contributed by atoms with Gasteiger partial charge in [0.25, 0.3) is 5.88 Å². The molecule has 0 amide bonds. The van der Waals surface area contributed by atoms with Gasteiger partial charge in [0.15, 0.2) is 17.5 Å². The van der Waals surface area contributed by atoms with Crippen LogP contribution in [0, 0.1) is 25.5 Å². The Morgan fingerprint density at radius 3 is 2.52 bits per heavy atom. The lowest BCUT2D eigenvalue weighted by Crippen LogP contribution is -2.06. The monoisotopic (exact) mass is 292 g/mol. The lowest BCUT2D eigenvalue weighted by atomic mass is 10.1. The van der Waals surface area contributed by atoms with E-state index >= 15 is 0 Å². The topological polar surface area (TPSA) is 34.2 Å². The van der Waals surface area contributed by atoms with Crippen molar-refractivity contribution in [2.75, 3.05) is 11.9 Å². The molecule has 0 bridgehead atoms. The number of benzene rings is 1. The number of nitrogens with one attached hydrogen (secondary N) is 1. The van der Waals surface area contributed by atoms with Gasteiger partial charge < -0.3 is 10.1 Å². The van der Waals surface area contributed by atoms with E-state index in [9.17, 15) is 8.78 Å². The zero-order valence-electron chi connectivity index (χ0n) is 12.3. The minimum Gasteiger partial charge on any atom is -0.436 e. The highest BCUT2D eigenvalue weighted by molar-refractivity contribution is 5.42. The van der Waals surface area contributed by atoms with Crippen LogP contribution in [0.25, 0.3) is 0 Å². The molecule has 0 radical (unpaired) electrons. The summed E-state index contributed by atoms with van der Waals surface area (Å²) in [5.74, 6) is -1.32. The fourth-order valence-electron chi connectivity index (χ4n) is 1.78. The van der Waals surface area contributed by atoms with Crippen LogP contribution in [0.1, 0.15) is 24.5 Å². The summed E-state index contributed by atoms with van der Waals surface area (Å²) in [6, 6.07) is 6.18. The molecule has 0 spiro atoms. The van der Waals surface area contributed by atoms with Gasteiger partial charge in [-0.2, -0.15) is 4.98 Å². The third-order valence-corrected chi connectivity index (χ3v) is 3.13. The molecule has 1 heterocycles. The van der Waals surface area contributed by atoms with Crippen LogP contribution < -0.4 is 10.1 Å². The van der Waals surface area contributed by atoms with Crippen LogP contribution in [0.2, 0.25) is 0 Å². The van der Waals surface area contributed by atoms with Gasteiger partial charge in [0.05, 0.1) is 0 Å². The molecule has 5 heteroatoms. The predicted octanol–water partition coefficient (Wildman–Crippen LogP) is 4.59. The Bertz CT molecular complexity index is 644. The summed E-state index contributed by atoms with van der Waals surface area (Å²) >= 11 is 0. The molecule has 2 aromatic rings. The molecule has 0 saturated carbocycles. The van der Waals surface area contributed by atoms with E-state index in [1.807, 2.05) is 26.8 Å². The van der Waals surface area contributed by atoms with Gasteiger partial charge in [-0.05, 0) is 43.5 Å². The van der Waals surface area contributed by atoms with Crippen molar-refractivity contribution >= 4 is 5.82 Å². The van der Waals surface area contributed by atoms with Gasteiger partial charge in [-0.15, -0.1) is 0 Å². The molecule has 0 fully saturated rings. The predicted molar refractivity (Wildman–Crippen MR) is 78.9 cm³/mol. The fourth-order valence-corrected chi connectivity index (χ4v) is 1.78.